The summed E-state index contributed by atoms with van der Waals surface area (Å²) in [7, 11) is 3.76. The number of hydrogen-bond acceptors (Lipinski definition) is 6. The lowest BCUT2D eigenvalue weighted by atomic mass is 9.82. The molecule has 1 aromatic heterocycles. The first-order valence-corrected chi connectivity index (χ1v) is 11.0. The maximum Gasteiger partial charge on any atom is 0.162 e. The Balaban J connectivity index is 2.18. The predicted octanol–water partition coefficient (Wildman–Crippen LogP) is 4.65. The second kappa shape index (κ2) is 9.65. The third-order valence-corrected chi connectivity index (χ3v) is 5.79. The van der Waals surface area contributed by atoms with Gasteiger partial charge in [0.2, 0.25) is 0 Å². The summed E-state index contributed by atoms with van der Waals surface area (Å²) in [5, 5.41) is 0. The van der Waals surface area contributed by atoms with E-state index in [1.54, 1.807) is 20.1 Å². The highest BCUT2D eigenvalue weighted by Crippen LogP contribution is 2.37. The Morgan fingerprint density at radius 1 is 1.22 bits per heavy atom. The average molecular weight is 435 g/mol. The van der Waals surface area contributed by atoms with Gasteiger partial charge < -0.3 is 14.5 Å². The topological polar surface area (TPSA) is 58.0 Å². The van der Waals surface area contributed by atoms with E-state index in [4.69, 9.17) is 9.73 Å². The molecule has 1 fully saturated rings. The number of methoxy groups -OCH3 is 1. The van der Waals surface area contributed by atoms with Crippen LogP contribution in [0.15, 0.2) is 48.1 Å². The number of anilines is 1. The molecule has 0 radical (unpaired) electrons. The van der Waals surface area contributed by atoms with E-state index < -0.39 is 0 Å². The number of ether oxygens (including phenoxy) is 1. The van der Waals surface area contributed by atoms with Crippen molar-refractivity contribution in [3.63, 3.8) is 0 Å². The van der Waals surface area contributed by atoms with Crippen LogP contribution in [0.2, 0.25) is 0 Å². The van der Waals surface area contributed by atoms with Crippen LogP contribution < -0.4 is 9.64 Å². The Morgan fingerprint density at radius 2 is 1.91 bits per heavy atom. The summed E-state index contributed by atoms with van der Waals surface area (Å²) >= 11 is 0. The van der Waals surface area contributed by atoms with Crippen molar-refractivity contribution in [1.82, 2.24) is 9.88 Å². The van der Waals surface area contributed by atoms with Crippen LogP contribution in [0.1, 0.15) is 49.2 Å². The molecule has 0 unspecified atom stereocenters. The predicted molar refractivity (Wildman–Crippen MR) is 132 cm³/mol. The smallest absolute Gasteiger partial charge is 0.162 e. The Bertz CT molecular complexity index is 1030. The van der Waals surface area contributed by atoms with E-state index in [1.807, 2.05) is 30.5 Å². The first-order valence-electron chi connectivity index (χ1n) is 11.0. The van der Waals surface area contributed by atoms with Gasteiger partial charge in [0.25, 0.3) is 0 Å². The van der Waals surface area contributed by atoms with Crippen LogP contribution in [0.3, 0.4) is 0 Å². The normalized spacial score (nSPS) is 15.6. The van der Waals surface area contributed by atoms with Gasteiger partial charge >= 0.3 is 0 Å². The number of hydrogen-bond donors (Lipinski definition) is 0. The van der Waals surface area contributed by atoms with E-state index in [2.05, 4.69) is 49.2 Å². The molecule has 2 heterocycles. The van der Waals surface area contributed by atoms with Crippen LogP contribution in [-0.4, -0.2) is 61.7 Å². The summed E-state index contributed by atoms with van der Waals surface area (Å²) in [6.45, 7) is 15.6. The van der Waals surface area contributed by atoms with E-state index in [-0.39, 0.29) is 11.2 Å². The van der Waals surface area contributed by atoms with Crippen molar-refractivity contribution in [1.29, 1.82) is 0 Å². The molecular weight excluding hydrogens is 400 g/mol. The summed E-state index contributed by atoms with van der Waals surface area (Å²) in [5.41, 5.74) is 3.46. The van der Waals surface area contributed by atoms with Crippen LogP contribution >= 0.6 is 0 Å². The molecule has 3 rings (SSSR count). The zero-order chi connectivity index (χ0) is 23.5. The molecule has 0 saturated carbocycles. The van der Waals surface area contributed by atoms with Crippen molar-refractivity contribution in [2.45, 2.75) is 33.1 Å². The molecule has 0 N–H and O–H groups in total. The lowest BCUT2D eigenvalue weighted by Gasteiger charge is -2.34. The van der Waals surface area contributed by atoms with Gasteiger partial charge in [-0.25, -0.2) is 9.98 Å². The van der Waals surface area contributed by atoms with Gasteiger partial charge in [0.1, 0.15) is 11.6 Å². The molecule has 0 atom stereocenters. The molecule has 0 bridgehead atoms. The number of aromatic nitrogens is 1. The molecule has 6 heteroatoms. The third-order valence-electron chi connectivity index (χ3n) is 5.79. The standard InChI is InChI=1S/C26H34N4O2/c1-8-22(20-10-9-11-27-25(20)30-14-12-29(6)13-15-30)28-23-17-19(32-7)16-21(26(3,4)5)24(23)18(2)31/h8-11,16-17H,1,12-15H2,2-7H3. The minimum Gasteiger partial charge on any atom is -0.497 e. The molecule has 1 aromatic carbocycles. The fourth-order valence-electron chi connectivity index (χ4n) is 3.98. The zero-order valence-corrected chi connectivity index (χ0v) is 20.1. The number of carbonyl (C=O) groups is 1. The fraction of sp³-hybridized carbons (Fsp3) is 0.423. The quantitative estimate of drug-likeness (QED) is 0.489. The van der Waals surface area contributed by atoms with Gasteiger partial charge in [0.05, 0.1) is 18.5 Å². The molecule has 0 spiro atoms. The monoisotopic (exact) mass is 434 g/mol. The Labute approximate surface area is 191 Å². The highest BCUT2D eigenvalue weighted by molar-refractivity contribution is 6.13. The lowest BCUT2D eigenvalue weighted by Crippen LogP contribution is -2.45. The van der Waals surface area contributed by atoms with Crippen LogP contribution in [0.5, 0.6) is 5.75 Å². The maximum absolute atomic E-state index is 12.7. The zero-order valence-electron chi connectivity index (χ0n) is 20.1. The minimum absolute atomic E-state index is 0.0229. The number of pyridine rings is 1. The SMILES string of the molecule is C=CC(=Nc1cc(OC)cc(C(C)(C)C)c1C(C)=O)c1cccnc1N1CCN(C)CC1. The highest BCUT2D eigenvalue weighted by atomic mass is 16.5. The van der Waals surface area contributed by atoms with Crippen LogP contribution in [0.25, 0.3) is 0 Å². The van der Waals surface area contributed by atoms with E-state index >= 15 is 0 Å². The van der Waals surface area contributed by atoms with Crippen molar-refractivity contribution in [3.05, 3.63) is 59.8 Å². The Hall–Kier alpha value is -2.99. The van der Waals surface area contributed by atoms with Crippen LogP contribution in [0, 0.1) is 0 Å². The summed E-state index contributed by atoms with van der Waals surface area (Å²) in [5.74, 6) is 1.54. The molecule has 1 aliphatic rings. The van der Waals surface area contributed by atoms with Crippen molar-refractivity contribution in [3.8, 4) is 5.75 Å². The van der Waals surface area contributed by atoms with Gasteiger partial charge in [0.15, 0.2) is 5.78 Å². The first-order chi connectivity index (χ1) is 15.2. The van der Waals surface area contributed by atoms with Gasteiger partial charge in [-0.3, -0.25) is 4.79 Å². The summed E-state index contributed by atoms with van der Waals surface area (Å²) in [6.07, 6.45) is 3.54. The number of nitrogens with zero attached hydrogens (tertiary/aromatic N) is 4. The van der Waals surface area contributed by atoms with E-state index in [1.165, 1.54) is 0 Å². The molecule has 2 aromatic rings. The van der Waals surface area contributed by atoms with E-state index in [0.29, 0.717) is 22.7 Å². The number of piperazine rings is 1. The summed E-state index contributed by atoms with van der Waals surface area (Å²) in [6, 6.07) is 7.68. The summed E-state index contributed by atoms with van der Waals surface area (Å²) < 4.78 is 5.54. The molecule has 1 saturated heterocycles. The molecule has 0 amide bonds. The molecule has 1 aliphatic heterocycles. The second-order valence-electron chi connectivity index (χ2n) is 9.24. The van der Waals surface area contributed by atoms with Crippen molar-refractivity contribution in [2.75, 3.05) is 45.2 Å². The second-order valence-corrected chi connectivity index (χ2v) is 9.24. The highest BCUT2D eigenvalue weighted by Gasteiger charge is 2.25. The summed E-state index contributed by atoms with van der Waals surface area (Å²) in [4.78, 5) is 26.9. The Morgan fingerprint density at radius 3 is 2.47 bits per heavy atom. The number of likely N-dealkylation sites (N-methyl/N-ethyl adjacent to an activating group) is 1. The van der Waals surface area contributed by atoms with Crippen LogP contribution in [-0.2, 0) is 5.41 Å². The number of allylic oxidation sites excluding steroid dienone is 1. The lowest BCUT2D eigenvalue weighted by molar-refractivity contribution is 0.101. The number of rotatable bonds is 6. The van der Waals surface area contributed by atoms with Gasteiger partial charge in [-0.1, -0.05) is 27.4 Å². The van der Waals surface area contributed by atoms with Gasteiger partial charge in [-0.15, -0.1) is 0 Å². The molecule has 32 heavy (non-hydrogen) atoms. The van der Waals surface area contributed by atoms with Crippen molar-refractivity contribution in [2.24, 2.45) is 4.99 Å². The number of carbonyl (C=O) groups excluding carboxylic acids is 1. The molecule has 170 valence electrons. The number of ketones is 1. The van der Waals surface area contributed by atoms with Gasteiger partial charge in [-0.05, 0) is 49.2 Å². The number of Topliss-reactive ketones (excluding diaryl/α,β-unsaturated/α-hetero) is 1. The number of benzene rings is 1. The first kappa shape index (κ1) is 23.7. The number of aliphatic imine (C=N–C) groups is 1. The minimum atomic E-state index is -0.243. The molecular formula is C26H34N4O2. The van der Waals surface area contributed by atoms with Gasteiger partial charge in [-0.2, -0.15) is 0 Å². The largest absolute Gasteiger partial charge is 0.497 e. The van der Waals surface area contributed by atoms with Crippen LogP contribution in [0.4, 0.5) is 11.5 Å². The molecule has 6 nitrogen and oxygen atoms in total. The van der Waals surface area contributed by atoms with E-state index in [0.717, 1.165) is 43.1 Å². The van der Waals surface area contributed by atoms with Gasteiger partial charge in [0, 0.05) is 49.6 Å². The van der Waals surface area contributed by atoms with E-state index in [9.17, 15) is 4.79 Å². The fourth-order valence-corrected chi connectivity index (χ4v) is 3.98. The Kier molecular flexibility index (Phi) is 7.14. The van der Waals surface area contributed by atoms with Crippen molar-refractivity contribution < 1.29 is 9.53 Å². The van der Waals surface area contributed by atoms with Crippen molar-refractivity contribution >= 4 is 23.0 Å². The molecule has 0 aliphatic carbocycles. The maximum atomic E-state index is 12.7. The third kappa shape index (κ3) is 5.07. The average Bonchev–Trinajstić information content (AvgIpc) is 2.76.